The summed E-state index contributed by atoms with van der Waals surface area (Å²) in [6.45, 7) is 4.00. The summed E-state index contributed by atoms with van der Waals surface area (Å²) in [7, 11) is 0. The van der Waals surface area contributed by atoms with Crippen molar-refractivity contribution in [3.05, 3.63) is 44.7 Å². The second-order valence-electron chi connectivity index (χ2n) is 4.74. The van der Waals surface area contributed by atoms with Gasteiger partial charge in [-0.05, 0) is 60.7 Å². The van der Waals surface area contributed by atoms with Crippen molar-refractivity contribution in [3.8, 4) is 0 Å². The first-order valence-corrected chi connectivity index (χ1v) is 7.58. The van der Waals surface area contributed by atoms with Crippen molar-refractivity contribution in [2.24, 2.45) is 0 Å². The molecule has 1 aromatic heterocycles. The van der Waals surface area contributed by atoms with E-state index in [0.717, 1.165) is 9.26 Å². The molecule has 0 radical (unpaired) electrons. The molecule has 0 fully saturated rings. The van der Waals surface area contributed by atoms with E-state index in [-0.39, 0.29) is 11.9 Å². The first kappa shape index (κ1) is 15.2. The van der Waals surface area contributed by atoms with Crippen molar-refractivity contribution in [3.63, 3.8) is 0 Å². The van der Waals surface area contributed by atoms with Crippen LogP contribution in [0.4, 0.5) is 11.4 Å². The number of benzene rings is 1. The van der Waals surface area contributed by atoms with Crippen LogP contribution >= 0.6 is 34.2 Å². The molecular formula is C14H15ClIN3O. The lowest BCUT2D eigenvalue weighted by Gasteiger charge is -2.13. The van der Waals surface area contributed by atoms with Gasteiger partial charge in [-0.2, -0.15) is 0 Å². The largest absolute Gasteiger partial charge is 0.397 e. The number of nitrogen functional groups attached to an aromatic ring is 1. The summed E-state index contributed by atoms with van der Waals surface area (Å²) in [6, 6.07) is 7.17. The van der Waals surface area contributed by atoms with E-state index in [9.17, 15) is 4.79 Å². The summed E-state index contributed by atoms with van der Waals surface area (Å²) < 4.78 is 2.74. The Morgan fingerprint density at radius 1 is 1.40 bits per heavy atom. The van der Waals surface area contributed by atoms with Crippen LogP contribution in [0.5, 0.6) is 0 Å². The number of halogens is 2. The number of aromatic nitrogens is 1. The maximum absolute atomic E-state index is 12.4. The number of nitrogens with zero attached hydrogens (tertiary/aromatic N) is 1. The van der Waals surface area contributed by atoms with Gasteiger partial charge in [-0.1, -0.05) is 11.6 Å². The van der Waals surface area contributed by atoms with Gasteiger partial charge in [0, 0.05) is 20.8 Å². The molecule has 0 saturated heterocycles. The summed E-state index contributed by atoms with van der Waals surface area (Å²) in [5, 5.41) is 3.52. The van der Waals surface area contributed by atoms with Crippen LogP contribution in [-0.2, 0) is 0 Å². The number of hydrogen-bond acceptors (Lipinski definition) is 2. The standard InChI is InChI=1S/C14H15ClIN3O/c1-8(2)19-7-10(17)6-13(19)14(20)18-12-4-3-9(15)5-11(12)16/h3-8H,17H2,1-2H3,(H,18,20). The van der Waals surface area contributed by atoms with Crippen LogP contribution in [0.2, 0.25) is 5.02 Å². The second-order valence-corrected chi connectivity index (χ2v) is 6.34. The Morgan fingerprint density at radius 3 is 2.70 bits per heavy atom. The Balaban J connectivity index is 2.28. The lowest BCUT2D eigenvalue weighted by atomic mass is 10.3. The van der Waals surface area contributed by atoms with Crippen LogP contribution in [-0.4, -0.2) is 10.5 Å². The zero-order valence-corrected chi connectivity index (χ0v) is 14.1. The highest BCUT2D eigenvalue weighted by Gasteiger charge is 2.15. The quantitative estimate of drug-likeness (QED) is 0.756. The molecule has 1 aromatic carbocycles. The van der Waals surface area contributed by atoms with Gasteiger partial charge in [0.05, 0.1) is 11.4 Å². The topological polar surface area (TPSA) is 60.0 Å². The zero-order chi connectivity index (χ0) is 14.9. The van der Waals surface area contributed by atoms with Crippen LogP contribution in [0.25, 0.3) is 0 Å². The van der Waals surface area contributed by atoms with Crippen LogP contribution in [0.3, 0.4) is 0 Å². The van der Waals surface area contributed by atoms with Gasteiger partial charge < -0.3 is 15.6 Å². The van der Waals surface area contributed by atoms with E-state index in [4.69, 9.17) is 17.3 Å². The molecule has 6 heteroatoms. The lowest BCUT2D eigenvalue weighted by Crippen LogP contribution is -2.18. The summed E-state index contributed by atoms with van der Waals surface area (Å²) in [5.74, 6) is -0.185. The Morgan fingerprint density at radius 2 is 2.10 bits per heavy atom. The highest BCUT2D eigenvalue weighted by Crippen LogP contribution is 2.24. The Kier molecular flexibility index (Phi) is 4.59. The summed E-state index contributed by atoms with van der Waals surface area (Å²) >= 11 is 8.04. The minimum atomic E-state index is -0.185. The molecule has 0 aliphatic rings. The molecule has 0 spiro atoms. The molecule has 0 saturated carbocycles. The molecule has 1 amide bonds. The molecule has 0 aliphatic heterocycles. The molecule has 0 atom stereocenters. The van der Waals surface area contributed by atoms with E-state index in [1.165, 1.54) is 0 Å². The number of hydrogen-bond donors (Lipinski definition) is 2. The normalized spacial score (nSPS) is 10.8. The van der Waals surface area contributed by atoms with E-state index >= 15 is 0 Å². The summed E-state index contributed by atoms with van der Waals surface area (Å²) in [6.07, 6.45) is 1.77. The second kappa shape index (κ2) is 6.05. The van der Waals surface area contributed by atoms with E-state index in [1.54, 1.807) is 30.5 Å². The number of amides is 1. The molecule has 0 aliphatic carbocycles. The third-order valence-electron chi connectivity index (χ3n) is 2.84. The fraction of sp³-hybridized carbons (Fsp3) is 0.214. The maximum Gasteiger partial charge on any atom is 0.272 e. The van der Waals surface area contributed by atoms with Crippen molar-refractivity contribution in [2.75, 3.05) is 11.1 Å². The molecule has 4 nitrogen and oxygen atoms in total. The monoisotopic (exact) mass is 403 g/mol. The Hall–Kier alpha value is -1.21. The minimum absolute atomic E-state index is 0.164. The molecule has 3 N–H and O–H groups in total. The van der Waals surface area contributed by atoms with Crippen molar-refractivity contribution in [1.82, 2.24) is 4.57 Å². The average molecular weight is 404 g/mol. The SMILES string of the molecule is CC(C)n1cc(N)cc1C(=O)Nc1ccc(Cl)cc1I. The van der Waals surface area contributed by atoms with Crippen LogP contribution in [0.1, 0.15) is 30.4 Å². The predicted molar refractivity (Wildman–Crippen MR) is 91.4 cm³/mol. The summed E-state index contributed by atoms with van der Waals surface area (Å²) in [4.78, 5) is 12.4. The molecule has 0 unspecified atom stereocenters. The Labute approximate surface area is 136 Å². The van der Waals surface area contributed by atoms with Gasteiger partial charge in [-0.3, -0.25) is 4.79 Å². The summed E-state index contributed by atoms with van der Waals surface area (Å²) in [5.41, 5.74) is 7.63. The minimum Gasteiger partial charge on any atom is -0.397 e. The fourth-order valence-corrected chi connectivity index (χ4v) is 2.89. The molecular weight excluding hydrogens is 389 g/mol. The number of nitrogens with two attached hydrogens (primary N) is 1. The van der Waals surface area contributed by atoms with Crippen molar-refractivity contribution >= 4 is 51.5 Å². The number of nitrogens with one attached hydrogen (secondary N) is 1. The van der Waals surface area contributed by atoms with E-state index in [0.29, 0.717) is 16.4 Å². The third kappa shape index (κ3) is 3.27. The van der Waals surface area contributed by atoms with Gasteiger partial charge in [0.25, 0.3) is 5.91 Å². The lowest BCUT2D eigenvalue weighted by molar-refractivity contribution is 0.101. The molecule has 2 aromatic rings. The predicted octanol–water partition coefficient (Wildman–Crippen LogP) is 4.16. The number of carbonyl (C=O) groups is 1. The molecule has 1 heterocycles. The Bertz CT molecular complexity index is 652. The first-order chi connectivity index (χ1) is 9.38. The van der Waals surface area contributed by atoms with Crippen LogP contribution in [0.15, 0.2) is 30.5 Å². The van der Waals surface area contributed by atoms with Crippen molar-refractivity contribution < 1.29 is 4.79 Å². The van der Waals surface area contributed by atoms with Crippen molar-refractivity contribution in [2.45, 2.75) is 19.9 Å². The molecule has 2 rings (SSSR count). The maximum atomic E-state index is 12.4. The highest BCUT2D eigenvalue weighted by molar-refractivity contribution is 14.1. The van der Waals surface area contributed by atoms with E-state index in [2.05, 4.69) is 27.9 Å². The fourth-order valence-electron chi connectivity index (χ4n) is 1.89. The van der Waals surface area contributed by atoms with Crippen molar-refractivity contribution in [1.29, 1.82) is 0 Å². The van der Waals surface area contributed by atoms with Gasteiger partial charge in [-0.25, -0.2) is 0 Å². The third-order valence-corrected chi connectivity index (χ3v) is 3.97. The molecule has 0 bridgehead atoms. The number of rotatable bonds is 3. The number of anilines is 2. The van der Waals surface area contributed by atoms with Crippen LogP contribution in [0, 0.1) is 3.57 Å². The average Bonchev–Trinajstić information content (AvgIpc) is 2.75. The molecule has 106 valence electrons. The van der Waals surface area contributed by atoms with Gasteiger partial charge >= 0.3 is 0 Å². The van der Waals surface area contributed by atoms with Crippen LogP contribution < -0.4 is 11.1 Å². The van der Waals surface area contributed by atoms with E-state index in [1.807, 2.05) is 18.4 Å². The van der Waals surface area contributed by atoms with Gasteiger partial charge in [-0.15, -0.1) is 0 Å². The van der Waals surface area contributed by atoms with Gasteiger partial charge in [0.2, 0.25) is 0 Å². The highest BCUT2D eigenvalue weighted by atomic mass is 127. The van der Waals surface area contributed by atoms with Gasteiger partial charge in [0.15, 0.2) is 0 Å². The molecule has 20 heavy (non-hydrogen) atoms. The van der Waals surface area contributed by atoms with E-state index < -0.39 is 0 Å². The smallest absolute Gasteiger partial charge is 0.272 e. The first-order valence-electron chi connectivity index (χ1n) is 6.12. The zero-order valence-electron chi connectivity index (χ0n) is 11.2. The van der Waals surface area contributed by atoms with Gasteiger partial charge in [0.1, 0.15) is 5.69 Å². The number of carbonyl (C=O) groups excluding carboxylic acids is 1.